The van der Waals surface area contributed by atoms with Crippen molar-refractivity contribution in [1.82, 2.24) is 0 Å². The van der Waals surface area contributed by atoms with Crippen molar-refractivity contribution in [3.8, 4) is 11.8 Å². The van der Waals surface area contributed by atoms with E-state index in [1.807, 2.05) is 48.5 Å². The Hall–Kier alpha value is -3.78. The fourth-order valence-electron chi connectivity index (χ4n) is 3.18. The standard InChI is InChI=1S/C26H20BNO2/c29-27(30)23-17-13-21(14-18-23)11-12-22-15-19-26(20-16-22)28(24-7-3-1-4-8-24)25-9-5-2-6-10-25/h1-10,13-20,29-30H. The van der Waals surface area contributed by atoms with Crippen molar-refractivity contribution in [3.05, 3.63) is 120 Å². The Morgan fingerprint density at radius 1 is 0.500 bits per heavy atom. The van der Waals surface area contributed by atoms with E-state index in [4.69, 9.17) is 0 Å². The number of para-hydroxylation sites is 2. The number of hydrogen-bond donors (Lipinski definition) is 2. The van der Waals surface area contributed by atoms with E-state index in [0.717, 1.165) is 28.2 Å². The van der Waals surface area contributed by atoms with E-state index in [1.54, 1.807) is 24.3 Å². The second-order valence-electron chi connectivity index (χ2n) is 6.80. The van der Waals surface area contributed by atoms with Crippen LogP contribution in [0.2, 0.25) is 0 Å². The molecule has 30 heavy (non-hydrogen) atoms. The van der Waals surface area contributed by atoms with E-state index < -0.39 is 7.12 Å². The van der Waals surface area contributed by atoms with Gasteiger partial charge in [0, 0.05) is 28.2 Å². The SMILES string of the molecule is OB(O)c1ccc(C#Cc2ccc(N(c3ccccc3)c3ccccc3)cc2)cc1. The highest BCUT2D eigenvalue weighted by Gasteiger charge is 2.11. The molecule has 4 aromatic rings. The average Bonchev–Trinajstić information content (AvgIpc) is 2.80. The Bertz CT molecular complexity index is 1110. The summed E-state index contributed by atoms with van der Waals surface area (Å²) in [7, 11) is -1.46. The zero-order chi connectivity index (χ0) is 20.8. The first kappa shape index (κ1) is 19.5. The Morgan fingerprint density at radius 3 is 1.33 bits per heavy atom. The average molecular weight is 389 g/mol. The lowest BCUT2D eigenvalue weighted by Gasteiger charge is -2.25. The zero-order valence-corrected chi connectivity index (χ0v) is 16.3. The van der Waals surface area contributed by atoms with Gasteiger partial charge in [0.2, 0.25) is 0 Å². The third kappa shape index (κ3) is 4.61. The molecule has 2 N–H and O–H groups in total. The largest absolute Gasteiger partial charge is 0.488 e. The molecule has 0 spiro atoms. The lowest BCUT2D eigenvalue weighted by atomic mass is 9.80. The minimum atomic E-state index is -1.46. The molecule has 0 radical (unpaired) electrons. The van der Waals surface area contributed by atoms with Crippen LogP contribution in [0.15, 0.2) is 109 Å². The van der Waals surface area contributed by atoms with Gasteiger partial charge in [0.15, 0.2) is 0 Å². The van der Waals surface area contributed by atoms with E-state index in [-0.39, 0.29) is 0 Å². The summed E-state index contributed by atoms with van der Waals surface area (Å²) in [5.41, 5.74) is 5.42. The molecule has 0 atom stereocenters. The second kappa shape index (κ2) is 9.15. The van der Waals surface area contributed by atoms with Gasteiger partial charge in [-0.2, -0.15) is 0 Å². The highest BCUT2D eigenvalue weighted by molar-refractivity contribution is 6.58. The van der Waals surface area contributed by atoms with Crippen molar-refractivity contribution >= 4 is 29.6 Å². The van der Waals surface area contributed by atoms with Crippen LogP contribution in [0.5, 0.6) is 0 Å². The fourth-order valence-corrected chi connectivity index (χ4v) is 3.18. The number of nitrogens with zero attached hydrogens (tertiary/aromatic N) is 1. The lowest BCUT2D eigenvalue weighted by molar-refractivity contribution is 0.426. The van der Waals surface area contributed by atoms with Gasteiger partial charge in [-0.15, -0.1) is 0 Å². The molecule has 0 aliphatic rings. The van der Waals surface area contributed by atoms with Crippen molar-refractivity contribution in [2.75, 3.05) is 4.90 Å². The summed E-state index contributed by atoms with van der Waals surface area (Å²) < 4.78 is 0. The van der Waals surface area contributed by atoms with E-state index in [2.05, 4.69) is 53.1 Å². The third-order valence-electron chi connectivity index (χ3n) is 4.71. The topological polar surface area (TPSA) is 43.7 Å². The van der Waals surface area contributed by atoms with Gasteiger partial charge in [-0.05, 0) is 66.1 Å². The van der Waals surface area contributed by atoms with Crippen LogP contribution in [0.25, 0.3) is 0 Å². The van der Waals surface area contributed by atoms with Crippen LogP contribution in [-0.4, -0.2) is 17.2 Å². The Labute approximate surface area is 177 Å². The molecular weight excluding hydrogens is 369 g/mol. The predicted octanol–water partition coefficient (Wildman–Crippen LogP) is 4.24. The Balaban J connectivity index is 1.60. The molecule has 0 unspecified atom stereocenters. The summed E-state index contributed by atoms with van der Waals surface area (Å²) in [6, 6.07) is 35.6. The second-order valence-corrected chi connectivity index (χ2v) is 6.80. The molecule has 4 aromatic carbocycles. The molecular formula is C26H20BNO2. The summed E-state index contributed by atoms with van der Waals surface area (Å²) in [6.07, 6.45) is 0. The normalized spacial score (nSPS) is 10.1. The van der Waals surface area contributed by atoms with Gasteiger partial charge in [-0.1, -0.05) is 60.4 Å². The first-order chi connectivity index (χ1) is 14.7. The molecule has 0 saturated carbocycles. The molecule has 0 heterocycles. The van der Waals surface area contributed by atoms with Crippen molar-refractivity contribution in [1.29, 1.82) is 0 Å². The fraction of sp³-hybridized carbons (Fsp3) is 0. The molecule has 0 bridgehead atoms. The molecule has 0 aliphatic carbocycles. The van der Waals surface area contributed by atoms with Gasteiger partial charge in [-0.3, -0.25) is 0 Å². The van der Waals surface area contributed by atoms with Gasteiger partial charge >= 0.3 is 7.12 Å². The molecule has 144 valence electrons. The molecule has 0 aliphatic heterocycles. The van der Waals surface area contributed by atoms with Gasteiger partial charge < -0.3 is 14.9 Å². The number of hydrogen-bond acceptors (Lipinski definition) is 3. The molecule has 4 heteroatoms. The van der Waals surface area contributed by atoms with Gasteiger partial charge in [-0.25, -0.2) is 0 Å². The van der Waals surface area contributed by atoms with Gasteiger partial charge in [0.25, 0.3) is 0 Å². The quantitative estimate of drug-likeness (QED) is 0.406. The maximum atomic E-state index is 9.17. The Kier molecular flexibility index (Phi) is 5.96. The van der Waals surface area contributed by atoms with Crippen LogP contribution in [-0.2, 0) is 0 Å². The monoisotopic (exact) mass is 389 g/mol. The van der Waals surface area contributed by atoms with Crippen LogP contribution in [0, 0.1) is 11.8 Å². The van der Waals surface area contributed by atoms with E-state index in [1.165, 1.54) is 0 Å². The summed E-state index contributed by atoms with van der Waals surface area (Å²) >= 11 is 0. The van der Waals surface area contributed by atoms with E-state index in [9.17, 15) is 10.0 Å². The van der Waals surface area contributed by atoms with E-state index in [0.29, 0.717) is 5.46 Å². The van der Waals surface area contributed by atoms with E-state index >= 15 is 0 Å². The molecule has 4 rings (SSSR count). The first-order valence-electron chi connectivity index (χ1n) is 9.69. The number of benzene rings is 4. The minimum Gasteiger partial charge on any atom is -0.423 e. The highest BCUT2D eigenvalue weighted by atomic mass is 16.4. The van der Waals surface area contributed by atoms with Crippen LogP contribution >= 0.6 is 0 Å². The minimum absolute atomic E-state index is 0.451. The van der Waals surface area contributed by atoms with Crippen molar-refractivity contribution in [2.24, 2.45) is 0 Å². The molecule has 0 aromatic heterocycles. The first-order valence-corrected chi connectivity index (χ1v) is 9.69. The smallest absolute Gasteiger partial charge is 0.423 e. The highest BCUT2D eigenvalue weighted by Crippen LogP contribution is 2.33. The molecule has 0 amide bonds. The number of rotatable bonds is 4. The van der Waals surface area contributed by atoms with Crippen molar-refractivity contribution < 1.29 is 10.0 Å². The number of anilines is 3. The molecule has 0 fully saturated rings. The van der Waals surface area contributed by atoms with Crippen molar-refractivity contribution in [3.63, 3.8) is 0 Å². The summed E-state index contributed by atoms with van der Waals surface area (Å²) in [5.74, 6) is 6.27. The summed E-state index contributed by atoms with van der Waals surface area (Å²) in [6.45, 7) is 0. The zero-order valence-electron chi connectivity index (χ0n) is 16.3. The molecule has 0 saturated heterocycles. The summed E-state index contributed by atoms with van der Waals surface area (Å²) in [4.78, 5) is 2.20. The summed E-state index contributed by atoms with van der Waals surface area (Å²) in [5, 5.41) is 18.3. The lowest BCUT2D eigenvalue weighted by Crippen LogP contribution is -2.29. The van der Waals surface area contributed by atoms with Gasteiger partial charge in [0.05, 0.1) is 0 Å². The molecule has 3 nitrogen and oxygen atoms in total. The predicted molar refractivity (Wildman–Crippen MR) is 123 cm³/mol. The maximum Gasteiger partial charge on any atom is 0.488 e. The van der Waals surface area contributed by atoms with Crippen LogP contribution in [0.1, 0.15) is 11.1 Å². The van der Waals surface area contributed by atoms with Crippen LogP contribution < -0.4 is 10.4 Å². The van der Waals surface area contributed by atoms with Crippen LogP contribution in [0.4, 0.5) is 17.1 Å². The maximum absolute atomic E-state index is 9.17. The van der Waals surface area contributed by atoms with Gasteiger partial charge in [0.1, 0.15) is 0 Å². The van der Waals surface area contributed by atoms with Crippen molar-refractivity contribution in [2.45, 2.75) is 0 Å². The van der Waals surface area contributed by atoms with Crippen LogP contribution in [0.3, 0.4) is 0 Å². The Morgan fingerprint density at radius 2 is 0.900 bits per heavy atom. The third-order valence-corrected chi connectivity index (χ3v) is 4.71.